The van der Waals surface area contributed by atoms with Gasteiger partial charge >= 0.3 is 0 Å². The van der Waals surface area contributed by atoms with Gasteiger partial charge in [0.25, 0.3) is 20.0 Å². The summed E-state index contributed by atoms with van der Waals surface area (Å²) in [4.78, 5) is -1.75. The minimum atomic E-state index is -4.39. The van der Waals surface area contributed by atoms with Crippen LogP contribution in [0, 0.1) is 0 Å². The molecule has 0 aromatic heterocycles. The number of rotatable bonds is 8. The molecule has 0 unspecified atom stereocenters. The number of benzene rings is 4. The van der Waals surface area contributed by atoms with Gasteiger partial charge in [-0.2, -0.15) is 0 Å². The van der Waals surface area contributed by atoms with Crippen molar-refractivity contribution in [2.24, 2.45) is 0 Å². The third-order valence-electron chi connectivity index (χ3n) is 5.06. The van der Waals surface area contributed by atoms with Crippen LogP contribution in [0.2, 0.25) is 10.0 Å². The van der Waals surface area contributed by atoms with E-state index in [1.54, 1.807) is 36.4 Å². The number of sulfonamides is 2. The lowest BCUT2D eigenvalue weighted by Crippen LogP contribution is -2.15. The molecule has 0 aliphatic heterocycles. The molecule has 0 radical (unpaired) electrons. The standard InChI is InChI=1S/C24H18Cl2N2O6S3/c25-21-13-11-19(15-23(21)36(31,32)27-17-7-3-1-4-8-17)35(29,30)20-12-14-22(26)24(16-20)37(33,34)28-18-9-5-2-6-10-18/h1-16,27-28H. The van der Waals surface area contributed by atoms with Gasteiger partial charge in [-0.1, -0.05) is 59.6 Å². The molecule has 0 aliphatic carbocycles. The van der Waals surface area contributed by atoms with Crippen molar-refractivity contribution >= 4 is 64.5 Å². The summed E-state index contributed by atoms with van der Waals surface area (Å²) in [5.41, 5.74) is 0.510. The fraction of sp³-hybridized carbons (Fsp3) is 0. The molecule has 2 N–H and O–H groups in total. The lowest BCUT2D eigenvalue weighted by atomic mass is 10.3. The van der Waals surface area contributed by atoms with E-state index in [0.717, 1.165) is 36.4 Å². The van der Waals surface area contributed by atoms with Gasteiger partial charge in [-0.3, -0.25) is 9.44 Å². The number of anilines is 2. The van der Waals surface area contributed by atoms with Crippen LogP contribution in [0.15, 0.2) is 117 Å². The molecule has 0 saturated carbocycles. The van der Waals surface area contributed by atoms with Gasteiger partial charge in [-0.15, -0.1) is 0 Å². The predicted octanol–water partition coefficient (Wildman–Crippen LogP) is 5.43. The average Bonchev–Trinajstić information content (AvgIpc) is 2.85. The summed E-state index contributed by atoms with van der Waals surface area (Å²) in [6, 6.07) is 22.3. The quantitative estimate of drug-likeness (QED) is 0.279. The fourth-order valence-corrected chi connectivity index (χ4v) is 7.92. The van der Waals surface area contributed by atoms with Gasteiger partial charge in [-0.25, -0.2) is 25.3 Å². The number of hydrogen-bond donors (Lipinski definition) is 2. The molecule has 0 atom stereocenters. The Kier molecular flexibility index (Phi) is 7.54. The van der Waals surface area contributed by atoms with Crippen LogP contribution >= 0.6 is 23.2 Å². The Labute approximate surface area is 224 Å². The molecule has 0 aliphatic rings. The van der Waals surface area contributed by atoms with Crippen LogP contribution in [0.25, 0.3) is 0 Å². The molecule has 4 aromatic rings. The van der Waals surface area contributed by atoms with E-state index in [-0.39, 0.29) is 21.4 Å². The van der Waals surface area contributed by atoms with E-state index in [9.17, 15) is 25.3 Å². The van der Waals surface area contributed by atoms with Crippen LogP contribution in [0.4, 0.5) is 11.4 Å². The summed E-state index contributed by atoms with van der Waals surface area (Å²) in [5.74, 6) is 0. The van der Waals surface area contributed by atoms with Crippen molar-refractivity contribution in [3.8, 4) is 0 Å². The molecular formula is C24H18Cl2N2O6S3. The number of hydrogen-bond acceptors (Lipinski definition) is 6. The zero-order valence-corrected chi connectivity index (χ0v) is 22.6. The van der Waals surface area contributed by atoms with Crippen LogP contribution < -0.4 is 9.44 Å². The molecule has 0 fully saturated rings. The second kappa shape index (κ2) is 10.3. The van der Waals surface area contributed by atoms with E-state index < -0.39 is 49.5 Å². The number of para-hydroxylation sites is 2. The number of sulfone groups is 1. The van der Waals surface area contributed by atoms with Crippen LogP contribution in [0.3, 0.4) is 0 Å². The summed E-state index contributed by atoms with van der Waals surface area (Å²) >= 11 is 12.2. The molecule has 0 saturated heterocycles. The van der Waals surface area contributed by atoms with Crippen LogP contribution in [0.1, 0.15) is 0 Å². The van der Waals surface area contributed by atoms with E-state index in [4.69, 9.17) is 23.2 Å². The van der Waals surface area contributed by atoms with Gasteiger partial charge < -0.3 is 0 Å². The maximum absolute atomic E-state index is 13.4. The van der Waals surface area contributed by atoms with Gasteiger partial charge in [0.15, 0.2) is 0 Å². The van der Waals surface area contributed by atoms with Crippen LogP contribution in [-0.4, -0.2) is 25.3 Å². The number of halogens is 2. The third-order valence-corrected chi connectivity index (χ3v) is 10.5. The first-order chi connectivity index (χ1) is 17.4. The number of nitrogens with one attached hydrogen (secondary N) is 2. The molecular weight excluding hydrogens is 579 g/mol. The summed E-state index contributed by atoms with van der Waals surface area (Å²) in [7, 11) is -12.9. The third kappa shape index (κ3) is 5.91. The second-order valence-corrected chi connectivity index (χ2v) is 13.7. The minimum absolute atomic E-state index is 0.200. The van der Waals surface area contributed by atoms with Gasteiger partial charge in [-0.05, 0) is 60.7 Å². The summed E-state index contributed by atoms with van der Waals surface area (Å²) in [6.07, 6.45) is 0. The first kappa shape index (κ1) is 27.0. The Bertz CT molecular complexity index is 1650. The van der Waals surface area contributed by atoms with Crippen molar-refractivity contribution in [1.82, 2.24) is 0 Å². The Morgan fingerprint density at radius 3 is 1.19 bits per heavy atom. The highest BCUT2D eigenvalue weighted by atomic mass is 35.5. The van der Waals surface area contributed by atoms with Gasteiger partial charge in [0.05, 0.1) is 19.8 Å². The Balaban J connectivity index is 1.74. The fourth-order valence-electron chi connectivity index (χ4n) is 3.28. The van der Waals surface area contributed by atoms with E-state index >= 15 is 0 Å². The lowest BCUT2D eigenvalue weighted by Gasteiger charge is -2.13. The molecule has 4 rings (SSSR count). The molecule has 192 valence electrons. The first-order valence-corrected chi connectivity index (χ1v) is 15.6. The molecule has 8 nitrogen and oxygen atoms in total. The normalized spacial score (nSPS) is 12.2. The van der Waals surface area contributed by atoms with E-state index in [0.29, 0.717) is 0 Å². The molecule has 0 spiro atoms. The highest BCUT2D eigenvalue weighted by Gasteiger charge is 2.27. The second-order valence-electron chi connectivity index (χ2n) is 7.63. The molecule has 13 heteroatoms. The zero-order valence-electron chi connectivity index (χ0n) is 18.7. The van der Waals surface area contributed by atoms with Crippen molar-refractivity contribution in [2.75, 3.05) is 9.44 Å². The monoisotopic (exact) mass is 596 g/mol. The van der Waals surface area contributed by atoms with Crippen molar-refractivity contribution in [3.05, 3.63) is 107 Å². The zero-order chi connectivity index (χ0) is 26.8. The van der Waals surface area contributed by atoms with E-state index in [1.165, 1.54) is 24.3 Å². The topological polar surface area (TPSA) is 126 Å². The van der Waals surface area contributed by atoms with Gasteiger partial charge in [0.1, 0.15) is 9.79 Å². The minimum Gasteiger partial charge on any atom is -0.280 e. The molecule has 0 bridgehead atoms. The largest absolute Gasteiger partial charge is 0.280 e. The van der Waals surface area contributed by atoms with Gasteiger partial charge in [0.2, 0.25) is 9.84 Å². The maximum atomic E-state index is 13.4. The Morgan fingerprint density at radius 1 is 0.486 bits per heavy atom. The predicted molar refractivity (Wildman–Crippen MR) is 143 cm³/mol. The molecule has 0 heterocycles. The Hall–Kier alpha value is -3.09. The average molecular weight is 598 g/mol. The molecule has 37 heavy (non-hydrogen) atoms. The Morgan fingerprint density at radius 2 is 0.838 bits per heavy atom. The van der Waals surface area contributed by atoms with E-state index in [1.807, 2.05) is 0 Å². The lowest BCUT2D eigenvalue weighted by molar-refractivity contribution is 0.595. The highest BCUT2D eigenvalue weighted by Crippen LogP contribution is 2.32. The molecule has 0 amide bonds. The SMILES string of the molecule is O=S(=O)(Nc1ccccc1)c1cc(S(=O)(=O)c2ccc(Cl)c(S(=O)(=O)Nc3ccccc3)c2)ccc1Cl. The van der Waals surface area contributed by atoms with Crippen molar-refractivity contribution in [3.63, 3.8) is 0 Å². The first-order valence-electron chi connectivity index (χ1n) is 10.4. The summed E-state index contributed by atoms with van der Waals surface area (Å²) in [6.45, 7) is 0. The maximum Gasteiger partial charge on any atom is 0.263 e. The van der Waals surface area contributed by atoms with Crippen molar-refractivity contribution in [1.29, 1.82) is 0 Å². The van der Waals surface area contributed by atoms with Crippen molar-refractivity contribution in [2.45, 2.75) is 19.6 Å². The van der Waals surface area contributed by atoms with E-state index in [2.05, 4.69) is 9.44 Å². The smallest absolute Gasteiger partial charge is 0.263 e. The summed E-state index contributed by atoms with van der Waals surface area (Å²) in [5, 5.41) is -0.400. The van der Waals surface area contributed by atoms with Crippen LogP contribution in [-0.2, 0) is 29.9 Å². The van der Waals surface area contributed by atoms with Gasteiger partial charge in [0, 0.05) is 11.4 Å². The van der Waals surface area contributed by atoms with Crippen LogP contribution in [0.5, 0.6) is 0 Å². The highest BCUT2D eigenvalue weighted by molar-refractivity contribution is 7.93. The van der Waals surface area contributed by atoms with Crippen molar-refractivity contribution < 1.29 is 25.3 Å². The summed E-state index contributed by atoms with van der Waals surface area (Å²) < 4.78 is 83.3. The molecule has 4 aromatic carbocycles.